The van der Waals surface area contributed by atoms with Gasteiger partial charge in [0, 0.05) is 12.7 Å². The second-order valence-electron chi connectivity index (χ2n) is 6.09. The normalized spacial score (nSPS) is 21.7. The van der Waals surface area contributed by atoms with E-state index in [1.807, 2.05) is 6.07 Å². The van der Waals surface area contributed by atoms with Gasteiger partial charge in [-0.3, -0.25) is 4.79 Å². The molecule has 0 aliphatic carbocycles. The van der Waals surface area contributed by atoms with Crippen molar-refractivity contribution in [2.45, 2.75) is 30.8 Å². The summed E-state index contributed by atoms with van der Waals surface area (Å²) >= 11 is 0. The summed E-state index contributed by atoms with van der Waals surface area (Å²) in [7, 11) is -3.87. The van der Waals surface area contributed by atoms with E-state index in [2.05, 4.69) is 11.9 Å². The van der Waals surface area contributed by atoms with Gasteiger partial charge in [0.25, 0.3) is 15.9 Å². The van der Waals surface area contributed by atoms with Crippen molar-refractivity contribution in [1.29, 1.82) is 0 Å². The predicted molar refractivity (Wildman–Crippen MR) is 86.5 cm³/mol. The number of nitrogens with two attached hydrogens (primary N) is 1. The Balaban J connectivity index is 1.87. The summed E-state index contributed by atoms with van der Waals surface area (Å²) in [5, 5.41) is 4.77. The molecule has 24 heavy (non-hydrogen) atoms. The Morgan fingerprint density at radius 3 is 2.75 bits per heavy atom. The lowest BCUT2D eigenvalue weighted by Gasteiger charge is -2.37. The van der Waals surface area contributed by atoms with Crippen LogP contribution in [-0.2, 0) is 10.0 Å². The standard InChI is InChI=1S/C16H19N3O4S/c1-11-6-7-19(13(9-11)14-3-2-8-23-14)16(20)12-4-5-15(18-10-12)24(17,21)22/h2-5,8,10-11,13H,6-7,9H2,1H3,(H2,17,21,22)/t11-,13-/m0/s1. The van der Waals surface area contributed by atoms with E-state index in [9.17, 15) is 13.2 Å². The average Bonchev–Trinajstić information content (AvgIpc) is 3.08. The van der Waals surface area contributed by atoms with Crippen LogP contribution < -0.4 is 5.14 Å². The molecule has 1 fully saturated rings. The van der Waals surface area contributed by atoms with Crippen molar-refractivity contribution in [3.63, 3.8) is 0 Å². The largest absolute Gasteiger partial charge is 0.467 e. The van der Waals surface area contributed by atoms with Gasteiger partial charge in [-0.15, -0.1) is 0 Å². The van der Waals surface area contributed by atoms with E-state index in [-0.39, 0.29) is 17.0 Å². The van der Waals surface area contributed by atoms with E-state index < -0.39 is 10.0 Å². The molecule has 1 aliphatic heterocycles. The van der Waals surface area contributed by atoms with Crippen LogP contribution in [0.4, 0.5) is 0 Å². The van der Waals surface area contributed by atoms with Gasteiger partial charge in [-0.25, -0.2) is 18.5 Å². The van der Waals surface area contributed by atoms with Gasteiger partial charge < -0.3 is 9.32 Å². The van der Waals surface area contributed by atoms with E-state index in [0.717, 1.165) is 18.6 Å². The summed E-state index contributed by atoms with van der Waals surface area (Å²) in [6.45, 7) is 2.77. The third-order valence-electron chi connectivity index (χ3n) is 4.27. The van der Waals surface area contributed by atoms with Crippen molar-refractivity contribution in [2.24, 2.45) is 11.1 Å². The fourth-order valence-electron chi connectivity index (χ4n) is 2.98. The molecule has 1 saturated heterocycles. The maximum Gasteiger partial charge on any atom is 0.256 e. The number of primary sulfonamides is 1. The zero-order valence-electron chi connectivity index (χ0n) is 13.3. The van der Waals surface area contributed by atoms with Crippen LogP contribution in [0.3, 0.4) is 0 Å². The molecule has 128 valence electrons. The minimum Gasteiger partial charge on any atom is -0.467 e. The zero-order chi connectivity index (χ0) is 17.3. The minimum absolute atomic E-state index is 0.130. The molecule has 0 radical (unpaired) electrons. The average molecular weight is 349 g/mol. The maximum absolute atomic E-state index is 12.8. The van der Waals surface area contributed by atoms with Gasteiger partial charge in [0.05, 0.1) is 17.9 Å². The second-order valence-corrected chi connectivity index (χ2v) is 7.60. The smallest absolute Gasteiger partial charge is 0.256 e. The molecule has 3 rings (SSSR count). The fourth-order valence-corrected chi connectivity index (χ4v) is 3.43. The van der Waals surface area contributed by atoms with Crippen molar-refractivity contribution in [2.75, 3.05) is 6.54 Å². The summed E-state index contributed by atoms with van der Waals surface area (Å²) in [4.78, 5) is 18.4. The lowest BCUT2D eigenvalue weighted by Crippen LogP contribution is -2.40. The Morgan fingerprint density at radius 2 is 2.17 bits per heavy atom. The van der Waals surface area contributed by atoms with Crippen LogP contribution in [0.15, 0.2) is 46.2 Å². The number of likely N-dealkylation sites (tertiary alicyclic amines) is 1. The summed E-state index contributed by atoms with van der Waals surface area (Å²) in [6, 6.07) is 6.23. The van der Waals surface area contributed by atoms with Crippen molar-refractivity contribution >= 4 is 15.9 Å². The Kier molecular flexibility index (Phi) is 4.42. The highest BCUT2D eigenvalue weighted by molar-refractivity contribution is 7.89. The topological polar surface area (TPSA) is 106 Å². The first kappa shape index (κ1) is 16.7. The Bertz CT molecular complexity index is 816. The zero-order valence-corrected chi connectivity index (χ0v) is 14.1. The summed E-state index contributed by atoms with van der Waals surface area (Å²) < 4.78 is 28.0. The first-order valence-corrected chi connectivity index (χ1v) is 9.24. The van der Waals surface area contributed by atoms with Crippen LogP contribution in [-0.4, -0.2) is 30.8 Å². The number of furan rings is 1. The van der Waals surface area contributed by atoms with E-state index >= 15 is 0 Å². The van der Waals surface area contributed by atoms with Crippen molar-refractivity contribution in [3.8, 4) is 0 Å². The Labute approximate surface area is 140 Å². The highest BCUT2D eigenvalue weighted by Gasteiger charge is 2.33. The number of nitrogens with zero attached hydrogens (tertiary/aromatic N) is 2. The molecule has 2 atom stereocenters. The second kappa shape index (κ2) is 6.37. The molecule has 0 saturated carbocycles. The molecular weight excluding hydrogens is 330 g/mol. The van der Waals surface area contributed by atoms with Gasteiger partial charge in [-0.05, 0) is 43.0 Å². The van der Waals surface area contributed by atoms with E-state index in [4.69, 9.17) is 9.56 Å². The monoisotopic (exact) mass is 349 g/mol. The fraction of sp³-hybridized carbons (Fsp3) is 0.375. The lowest BCUT2D eigenvalue weighted by atomic mass is 9.90. The number of aromatic nitrogens is 1. The molecule has 7 nitrogen and oxygen atoms in total. The molecular formula is C16H19N3O4S. The SMILES string of the molecule is C[C@H]1CCN(C(=O)c2ccc(S(N)(=O)=O)nc2)[C@H](c2ccco2)C1. The van der Waals surface area contributed by atoms with Crippen molar-refractivity contribution in [3.05, 3.63) is 48.0 Å². The van der Waals surface area contributed by atoms with Crippen LogP contribution >= 0.6 is 0 Å². The van der Waals surface area contributed by atoms with Crippen LogP contribution in [0, 0.1) is 5.92 Å². The van der Waals surface area contributed by atoms with Crippen molar-refractivity contribution in [1.82, 2.24) is 9.88 Å². The summed E-state index contributed by atoms with van der Waals surface area (Å²) in [5.41, 5.74) is 0.327. The summed E-state index contributed by atoms with van der Waals surface area (Å²) in [6.07, 6.45) is 4.58. The van der Waals surface area contributed by atoms with Gasteiger partial charge in [0.2, 0.25) is 0 Å². The molecule has 0 unspecified atom stereocenters. The number of carbonyl (C=O) groups excluding carboxylic acids is 1. The minimum atomic E-state index is -3.87. The van der Waals surface area contributed by atoms with E-state index in [1.165, 1.54) is 18.3 Å². The van der Waals surface area contributed by atoms with Gasteiger partial charge in [-0.2, -0.15) is 0 Å². The lowest BCUT2D eigenvalue weighted by molar-refractivity contribution is 0.0520. The van der Waals surface area contributed by atoms with Crippen LogP contribution in [0.5, 0.6) is 0 Å². The molecule has 2 aromatic heterocycles. The van der Waals surface area contributed by atoms with Gasteiger partial charge in [0.15, 0.2) is 5.03 Å². The highest BCUT2D eigenvalue weighted by Crippen LogP contribution is 2.35. The molecule has 2 N–H and O–H groups in total. The first-order chi connectivity index (χ1) is 11.4. The third kappa shape index (κ3) is 3.34. The molecule has 3 heterocycles. The molecule has 1 amide bonds. The highest BCUT2D eigenvalue weighted by atomic mass is 32.2. The number of hydrogen-bond acceptors (Lipinski definition) is 5. The molecule has 1 aliphatic rings. The van der Waals surface area contributed by atoms with Gasteiger partial charge in [-0.1, -0.05) is 6.92 Å². The van der Waals surface area contributed by atoms with Crippen molar-refractivity contribution < 1.29 is 17.6 Å². The predicted octanol–water partition coefficient (Wildman–Crippen LogP) is 1.94. The van der Waals surface area contributed by atoms with Gasteiger partial charge >= 0.3 is 0 Å². The first-order valence-electron chi connectivity index (χ1n) is 7.69. The number of carbonyl (C=O) groups is 1. The van der Waals surface area contributed by atoms with Crippen LogP contribution in [0.1, 0.15) is 41.9 Å². The molecule has 8 heteroatoms. The maximum atomic E-state index is 12.8. The van der Waals surface area contributed by atoms with E-state index in [0.29, 0.717) is 18.0 Å². The van der Waals surface area contributed by atoms with Gasteiger partial charge in [0.1, 0.15) is 5.76 Å². The van der Waals surface area contributed by atoms with Crippen LogP contribution in [0.2, 0.25) is 0 Å². The molecule has 2 aromatic rings. The van der Waals surface area contributed by atoms with E-state index in [1.54, 1.807) is 17.2 Å². The molecule has 0 bridgehead atoms. The Morgan fingerprint density at radius 1 is 1.38 bits per heavy atom. The number of hydrogen-bond donors (Lipinski definition) is 1. The molecule has 0 spiro atoms. The number of sulfonamides is 1. The third-order valence-corrected chi connectivity index (χ3v) is 5.10. The Hall–Kier alpha value is -2.19. The van der Waals surface area contributed by atoms with Crippen LogP contribution in [0.25, 0.3) is 0 Å². The number of pyridine rings is 1. The number of piperidine rings is 1. The number of amides is 1. The quantitative estimate of drug-likeness (QED) is 0.911. The number of rotatable bonds is 3. The summed E-state index contributed by atoms with van der Waals surface area (Å²) in [5.74, 6) is 1.05. The molecule has 0 aromatic carbocycles.